The van der Waals surface area contributed by atoms with Gasteiger partial charge in [0, 0.05) is 46.0 Å². The molecule has 0 amide bonds. The minimum Gasteiger partial charge on any atom is -0.496 e. The van der Waals surface area contributed by atoms with Crippen molar-refractivity contribution in [3.63, 3.8) is 0 Å². The predicted octanol–water partition coefficient (Wildman–Crippen LogP) is 3.16. The number of nitrogens with zero attached hydrogens (tertiary/aromatic N) is 4. The molecular formula is C21H32IN5O3. The highest BCUT2D eigenvalue weighted by molar-refractivity contribution is 14.0. The van der Waals surface area contributed by atoms with Crippen LogP contribution in [0.3, 0.4) is 0 Å². The third-order valence-corrected chi connectivity index (χ3v) is 4.58. The summed E-state index contributed by atoms with van der Waals surface area (Å²) in [6, 6.07) is 5.44. The number of rotatable bonds is 7. The number of carbonyl (C=O) groups is 1. The van der Waals surface area contributed by atoms with Gasteiger partial charge in [-0.25, -0.2) is 4.79 Å². The summed E-state index contributed by atoms with van der Waals surface area (Å²) in [6.45, 7) is 5.48. The number of benzene rings is 1. The lowest BCUT2D eigenvalue weighted by Crippen LogP contribution is -2.38. The van der Waals surface area contributed by atoms with E-state index in [9.17, 15) is 4.79 Å². The van der Waals surface area contributed by atoms with Gasteiger partial charge in [0.25, 0.3) is 0 Å². The van der Waals surface area contributed by atoms with E-state index >= 15 is 0 Å². The second-order valence-electron chi connectivity index (χ2n) is 7.15. The molecule has 0 bridgehead atoms. The summed E-state index contributed by atoms with van der Waals surface area (Å²) in [5, 5.41) is 7.91. The smallest absolute Gasteiger partial charge is 0.341 e. The molecule has 30 heavy (non-hydrogen) atoms. The fourth-order valence-corrected chi connectivity index (χ4v) is 3.19. The van der Waals surface area contributed by atoms with Crippen LogP contribution in [0.25, 0.3) is 0 Å². The van der Waals surface area contributed by atoms with E-state index in [4.69, 9.17) is 9.47 Å². The van der Waals surface area contributed by atoms with Crippen LogP contribution in [0.15, 0.2) is 29.4 Å². The van der Waals surface area contributed by atoms with Crippen molar-refractivity contribution in [2.45, 2.75) is 32.9 Å². The summed E-state index contributed by atoms with van der Waals surface area (Å²) >= 11 is 0. The molecule has 2 aromatic rings. The van der Waals surface area contributed by atoms with E-state index in [0.717, 1.165) is 17.2 Å². The maximum Gasteiger partial charge on any atom is 0.341 e. The number of hydrogen-bond acceptors (Lipinski definition) is 5. The molecule has 0 saturated carbocycles. The number of hydrogen-bond donors (Lipinski definition) is 1. The largest absolute Gasteiger partial charge is 0.496 e. The molecule has 0 fully saturated rings. The molecule has 2 rings (SSSR count). The van der Waals surface area contributed by atoms with Crippen LogP contribution in [0.1, 0.15) is 46.9 Å². The molecule has 0 atom stereocenters. The third-order valence-electron chi connectivity index (χ3n) is 4.58. The van der Waals surface area contributed by atoms with E-state index in [1.54, 1.807) is 19.2 Å². The van der Waals surface area contributed by atoms with Crippen molar-refractivity contribution in [3.05, 3.63) is 46.8 Å². The number of aromatic nitrogens is 2. The number of aryl methyl sites for hydroxylation is 1. The minimum atomic E-state index is -0.428. The van der Waals surface area contributed by atoms with Gasteiger partial charge in [-0.2, -0.15) is 5.10 Å². The van der Waals surface area contributed by atoms with Gasteiger partial charge in [0.1, 0.15) is 11.3 Å². The Morgan fingerprint density at radius 1 is 1.33 bits per heavy atom. The lowest BCUT2D eigenvalue weighted by atomic mass is 10.1. The SMILES string of the molecule is CN=C(NCc1ccc(OC)c(C(=O)OC)c1)N(C)Cc1cn(C)nc1C(C)C.I. The van der Waals surface area contributed by atoms with E-state index in [-0.39, 0.29) is 24.0 Å². The van der Waals surface area contributed by atoms with Crippen LogP contribution >= 0.6 is 24.0 Å². The number of ether oxygens (including phenoxy) is 2. The van der Waals surface area contributed by atoms with Crippen molar-refractivity contribution in [1.82, 2.24) is 20.0 Å². The van der Waals surface area contributed by atoms with Gasteiger partial charge in [0.2, 0.25) is 0 Å². The average Bonchev–Trinajstić information content (AvgIpc) is 3.07. The molecule has 8 nitrogen and oxygen atoms in total. The Labute approximate surface area is 195 Å². The van der Waals surface area contributed by atoms with Crippen molar-refractivity contribution in [2.75, 3.05) is 28.3 Å². The van der Waals surface area contributed by atoms with Gasteiger partial charge in [-0.1, -0.05) is 19.9 Å². The van der Waals surface area contributed by atoms with E-state index in [1.165, 1.54) is 19.8 Å². The molecule has 0 unspecified atom stereocenters. The fraction of sp³-hybridized carbons (Fsp3) is 0.476. The van der Waals surface area contributed by atoms with Gasteiger partial charge >= 0.3 is 5.97 Å². The first-order valence-electron chi connectivity index (χ1n) is 9.50. The minimum absolute atomic E-state index is 0. The van der Waals surface area contributed by atoms with Crippen molar-refractivity contribution in [2.24, 2.45) is 12.0 Å². The highest BCUT2D eigenvalue weighted by Crippen LogP contribution is 2.21. The van der Waals surface area contributed by atoms with E-state index in [0.29, 0.717) is 30.3 Å². The second kappa shape index (κ2) is 11.8. The Bertz CT molecular complexity index is 880. The summed E-state index contributed by atoms with van der Waals surface area (Å²) in [4.78, 5) is 18.4. The number of aliphatic imine (C=N–C) groups is 1. The van der Waals surface area contributed by atoms with Gasteiger partial charge in [0.05, 0.1) is 19.9 Å². The predicted molar refractivity (Wildman–Crippen MR) is 129 cm³/mol. The van der Waals surface area contributed by atoms with Gasteiger partial charge in [-0.15, -0.1) is 24.0 Å². The summed E-state index contributed by atoms with van der Waals surface area (Å²) in [5.41, 5.74) is 3.58. The molecule has 0 aliphatic carbocycles. The van der Waals surface area contributed by atoms with E-state index in [1.807, 2.05) is 35.9 Å². The molecule has 0 radical (unpaired) electrons. The van der Waals surface area contributed by atoms with Crippen LogP contribution in [-0.4, -0.2) is 54.9 Å². The molecule has 166 valence electrons. The highest BCUT2D eigenvalue weighted by atomic mass is 127. The Morgan fingerprint density at radius 3 is 2.60 bits per heavy atom. The summed E-state index contributed by atoms with van der Waals surface area (Å²) in [6.07, 6.45) is 2.05. The highest BCUT2D eigenvalue weighted by Gasteiger charge is 2.16. The molecule has 0 aliphatic rings. The summed E-state index contributed by atoms with van der Waals surface area (Å²) in [7, 11) is 8.55. The molecule has 9 heteroatoms. The Hall–Kier alpha value is -2.30. The van der Waals surface area contributed by atoms with Crippen LogP contribution in [-0.2, 0) is 24.9 Å². The zero-order chi connectivity index (χ0) is 21.6. The normalized spacial score (nSPS) is 11.1. The Kier molecular flexibility index (Phi) is 10.1. The molecule has 0 aliphatic heterocycles. The van der Waals surface area contributed by atoms with Crippen LogP contribution in [0, 0.1) is 0 Å². The van der Waals surface area contributed by atoms with Crippen LogP contribution in [0.4, 0.5) is 0 Å². The van der Waals surface area contributed by atoms with Crippen LogP contribution in [0.5, 0.6) is 5.75 Å². The quantitative estimate of drug-likeness (QED) is 0.257. The fourth-order valence-electron chi connectivity index (χ4n) is 3.19. The number of methoxy groups -OCH3 is 2. The molecular weight excluding hydrogens is 497 g/mol. The summed E-state index contributed by atoms with van der Waals surface area (Å²) < 4.78 is 11.9. The maximum absolute atomic E-state index is 12.0. The first kappa shape index (κ1) is 25.7. The van der Waals surface area contributed by atoms with Crippen molar-refractivity contribution < 1.29 is 14.3 Å². The Balaban J connectivity index is 0.00000450. The standard InChI is InChI=1S/C21H31N5O3.HI/c1-14(2)19-16(13-26(5)24-19)12-25(4)21(22-3)23-11-15-8-9-18(28-6)17(10-15)20(27)29-7;/h8-10,13-14H,11-12H2,1-7H3,(H,22,23);1H. The number of carbonyl (C=O) groups excluding carboxylic acids is 1. The summed E-state index contributed by atoms with van der Waals surface area (Å²) in [5.74, 6) is 1.16. The average molecular weight is 529 g/mol. The van der Waals surface area contributed by atoms with Crippen molar-refractivity contribution in [1.29, 1.82) is 0 Å². The monoisotopic (exact) mass is 529 g/mol. The van der Waals surface area contributed by atoms with Crippen molar-refractivity contribution in [3.8, 4) is 5.75 Å². The maximum atomic E-state index is 12.0. The van der Waals surface area contributed by atoms with Crippen LogP contribution in [0.2, 0.25) is 0 Å². The lowest BCUT2D eigenvalue weighted by molar-refractivity contribution is 0.0597. The van der Waals surface area contributed by atoms with Gasteiger partial charge < -0.3 is 19.7 Å². The first-order valence-corrected chi connectivity index (χ1v) is 9.50. The Morgan fingerprint density at radius 2 is 2.03 bits per heavy atom. The first-order chi connectivity index (χ1) is 13.8. The van der Waals surface area contributed by atoms with Gasteiger partial charge in [-0.05, 0) is 23.6 Å². The van der Waals surface area contributed by atoms with Gasteiger partial charge in [0.15, 0.2) is 5.96 Å². The molecule has 0 saturated heterocycles. The second-order valence-corrected chi connectivity index (χ2v) is 7.15. The molecule has 0 spiro atoms. The number of halogens is 1. The zero-order valence-corrected chi connectivity index (χ0v) is 21.1. The van der Waals surface area contributed by atoms with Crippen molar-refractivity contribution >= 4 is 35.9 Å². The number of nitrogens with one attached hydrogen (secondary N) is 1. The molecule has 1 aromatic carbocycles. The third kappa shape index (κ3) is 6.35. The van der Waals surface area contributed by atoms with E-state index in [2.05, 4.69) is 29.3 Å². The molecule has 1 N–H and O–H groups in total. The van der Waals surface area contributed by atoms with Crippen LogP contribution < -0.4 is 10.1 Å². The number of esters is 1. The lowest BCUT2D eigenvalue weighted by Gasteiger charge is -2.22. The molecule has 1 aromatic heterocycles. The zero-order valence-electron chi connectivity index (χ0n) is 18.7. The van der Waals surface area contributed by atoms with E-state index < -0.39 is 5.97 Å². The van der Waals surface area contributed by atoms with Gasteiger partial charge in [-0.3, -0.25) is 9.67 Å². The molecule has 1 heterocycles. The number of guanidine groups is 1. The topological polar surface area (TPSA) is 81.0 Å².